The van der Waals surface area contributed by atoms with Gasteiger partial charge in [-0.3, -0.25) is 14.6 Å². The van der Waals surface area contributed by atoms with E-state index in [4.69, 9.17) is 21.7 Å². The maximum atomic E-state index is 15.3. The van der Waals surface area contributed by atoms with Gasteiger partial charge in [-0.1, -0.05) is 18.3 Å². The molecule has 45 heavy (non-hydrogen) atoms. The number of hydrogen-bond donors (Lipinski definition) is 2. The van der Waals surface area contributed by atoms with Crippen LogP contribution >= 0.6 is 12.2 Å². The number of fused-ring (bicyclic) bond motifs is 1. The number of benzene rings is 2. The van der Waals surface area contributed by atoms with Gasteiger partial charge in [0.1, 0.15) is 17.2 Å². The van der Waals surface area contributed by atoms with Crippen molar-refractivity contribution in [3.63, 3.8) is 0 Å². The van der Waals surface area contributed by atoms with Gasteiger partial charge in [-0.05, 0) is 49.1 Å². The second kappa shape index (κ2) is 12.7. The summed E-state index contributed by atoms with van der Waals surface area (Å²) < 4.78 is 42.9. The molecule has 2 aromatic carbocycles. The second-order valence-electron chi connectivity index (χ2n) is 11.5. The molecule has 1 unspecified atom stereocenters. The van der Waals surface area contributed by atoms with Gasteiger partial charge >= 0.3 is 12.1 Å². The zero-order chi connectivity index (χ0) is 31.8. The fourth-order valence-electron chi connectivity index (χ4n) is 6.05. The molecule has 3 aromatic rings. The molecular formula is C31H33F2N5O6S. The number of cyclic esters (lactones) is 1. The lowest BCUT2D eigenvalue weighted by atomic mass is 10.1. The van der Waals surface area contributed by atoms with Gasteiger partial charge in [0.15, 0.2) is 12.3 Å². The number of piperazine rings is 1. The van der Waals surface area contributed by atoms with Crippen molar-refractivity contribution in [1.29, 1.82) is 0 Å². The topological polar surface area (TPSA) is 117 Å². The van der Waals surface area contributed by atoms with Crippen LogP contribution < -0.4 is 20.5 Å². The fraction of sp³-hybridized carbons (Fsp3) is 0.419. The number of rotatable bonds is 11. The largest absolute Gasteiger partial charge is 0.477 e. The molecule has 238 valence electrons. The van der Waals surface area contributed by atoms with E-state index >= 15 is 8.78 Å². The van der Waals surface area contributed by atoms with Crippen LogP contribution in [-0.2, 0) is 15.9 Å². The Morgan fingerprint density at radius 3 is 2.56 bits per heavy atom. The molecule has 3 fully saturated rings. The van der Waals surface area contributed by atoms with E-state index in [-0.39, 0.29) is 23.5 Å². The van der Waals surface area contributed by atoms with E-state index in [9.17, 15) is 19.5 Å². The minimum absolute atomic E-state index is 0.0680. The predicted molar refractivity (Wildman–Crippen MR) is 167 cm³/mol. The van der Waals surface area contributed by atoms with Gasteiger partial charge < -0.3 is 29.4 Å². The first-order valence-corrected chi connectivity index (χ1v) is 15.2. The van der Waals surface area contributed by atoms with Gasteiger partial charge in [0.05, 0.1) is 28.9 Å². The molecule has 2 N–H and O–H groups in total. The lowest BCUT2D eigenvalue weighted by Gasteiger charge is -2.36. The maximum absolute atomic E-state index is 15.3. The Balaban J connectivity index is 1.08. The number of nitrogens with one attached hydrogen (secondary N) is 1. The smallest absolute Gasteiger partial charge is 0.414 e. The third-order valence-corrected chi connectivity index (χ3v) is 8.83. The van der Waals surface area contributed by atoms with E-state index in [1.54, 1.807) is 22.8 Å². The molecular weight excluding hydrogens is 608 g/mol. The third-order valence-electron chi connectivity index (χ3n) is 8.69. The maximum Gasteiger partial charge on any atom is 0.414 e. The number of carbonyl (C=O) groups excluding carboxylic acids is 1. The van der Waals surface area contributed by atoms with E-state index < -0.39 is 41.5 Å². The number of nitrogens with zero attached hydrogens (tertiary/aromatic N) is 4. The standard InChI is InChI=1S/C31H33F2N5O6S/c1-43-29(34-17-45)27-16-38(31(42)44-27)20-3-2-18(23(32)12-20)6-7-35-8-10-36(11-9-35)26-14-25-21(13-24(26)33)28(39)22(30(40)41)15-37(25)19-4-5-19/h2-3,12-15,17,19,27,29H,4-11,16H2,1H3,(H,34,45)(H,40,41)/t27-,29?/m0/s1. The van der Waals surface area contributed by atoms with Crippen molar-refractivity contribution < 1.29 is 33.0 Å². The quantitative estimate of drug-likeness (QED) is 0.238. The summed E-state index contributed by atoms with van der Waals surface area (Å²) in [5.41, 5.74) is 2.05. The molecule has 3 heterocycles. The highest BCUT2D eigenvalue weighted by molar-refractivity contribution is 7.78. The number of amides is 1. The molecule has 6 rings (SSSR count). The van der Waals surface area contributed by atoms with E-state index in [1.807, 2.05) is 4.90 Å². The average Bonchev–Trinajstić information content (AvgIpc) is 3.80. The van der Waals surface area contributed by atoms with Crippen molar-refractivity contribution in [3.8, 4) is 0 Å². The summed E-state index contributed by atoms with van der Waals surface area (Å²) in [5.74, 6) is -2.32. The number of carbonyl (C=O) groups is 2. The van der Waals surface area contributed by atoms with E-state index in [0.717, 1.165) is 18.9 Å². The Bertz CT molecular complexity index is 1710. The number of thiocarbonyl (C=S) groups is 1. The summed E-state index contributed by atoms with van der Waals surface area (Å²) in [6, 6.07) is 7.60. The average molecular weight is 642 g/mol. The van der Waals surface area contributed by atoms with Gasteiger partial charge in [-0.25, -0.2) is 18.4 Å². The van der Waals surface area contributed by atoms with Crippen molar-refractivity contribution in [2.75, 3.05) is 56.2 Å². The summed E-state index contributed by atoms with van der Waals surface area (Å²) in [7, 11) is 1.47. The minimum Gasteiger partial charge on any atom is -0.477 e. The zero-order valence-electron chi connectivity index (χ0n) is 24.6. The van der Waals surface area contributed by atoms with E-state index in [2.05, 4.69) is 10.2 Å². The predicted octanol–water partition coefficient (Wildman–Crippen LogP) is 3.52. The Kier molecular flexibility index (Phi) is 8.71. The van der Waals surface area contributed by atoms with Crippen LogP contribution in [0.1, 0.15) is 34.8 Å². The molecule has 1 amide bonds. The zero-order valence-corrected chi connectivity index (χ0v) is 25.4. The van der Waals surface area contributed by atoms with Crippen LogP contribution in [0.15, 0.2) is 41.3 Å². The lowest BCUT2D eigenvalue weighted by molar-refractivity contribution is -0.00575. The van der Waals surface area contributed by atoms with Crippen LogP contribution in [0.3, 0.4) is 0 Å². The van der Waals surface area contributed by atoms with Crippen molar-refractivity contribution in [2.45, 2.75) is 37.6 Å². The van der Waals surface area contributed by atoms with Crippen LogP contribution in [0, 0.1) is 11.6 Å². The highest BCUT2D eigenvalue weighted by Gasteiger charge is 2.38. The Morgan fingerprint density at radius 1 is 1.16 bits per heavy atom. The lowest BCUT2D eigenvalue weighted by Crippen LogP contribution is -2.47. The van der Waals surface area contributed by atoms with Crippen molar-refractivity contribution in [2.24, 2.45) is 0 Å². The summed E-state index contributed by atoms with van der Waals surface area (Å²) in [5, 5.41) is 12.4. The first kappa shape index (κ1) is 30.9. The molecule has 14 heteroatoms. The van der Waals surface area contributed by atoms with Crippen molar-refractivity contribution in [3.05, 3.63) is 69.5 Å². The number of methoxy groups -OCH3 is 1. The number of pyridine rings is 1. The Labute approximate surface area is 262 Å². The molecule has 3 aliphatic rings. The number of aromatic carboxylic acids is 1. The van der Waals surface area contributed by atoms with Crippen LogP contribution in [0.25, 0.3) is 10.9 Å². The molecule has 2 aliphatic heterocycles. The number of hydrogen-bond acceptors (Lipinski definition) is 8. The highest BCUT2D eigenvalue weighted by Crippen LogP contribution is 2.38. The number of ether oxygens (including phenoxy) is 2. The summed E-state index contributed by atoms with van der Waals surface area (Å²) in [6.45, 7) is 3.09. The van der Waals surface area contributed by atoms with E-state index in [0.29, 0.717) is 61.6 Å². The van der Waals surface area contributed by atoms with Crippen LogP contribution in [0.2, 0.25) is 0 Å². The molecule has 0 spiro atoms. The fourth-order valence-corrected chi connectivity index (χ4v) is 6.19. The van der Waals surface area contributed by atoms with Gasteiger partial charge in [0, 0.05) is 57.5 Å². The Morgan fingerprint density at radius 2 is 1.91 bits per heavy atom. The number of carboxylic acid groups (broad SMARTS) is 1. The van der Waals surface area contributed by atoms with Gasteiger partial charge in [0.2, 0.25) is 5.43 Å². The molecule has 0 bridgehead atoms. The normalized spacial score (nSPS) is 19.5. The molecule has 1 saturated carbocycles. The molecule has 1 aliphatic carbocycles. The third kappa shape index (κ3) is 6.22. The molecule has 1 aromatic heterocycles. The number of anilines is 2. The number of halogens is 2. The summed E-state index contributed by atoms with van der Waals surface area (Å²) in [6.07, 6.45) is 1.75. The van der Waals surface area contributed by atoms with Gasteiger partial charge in [-0.2, -0.15) is 0 Å². The van der Waals surface area contributed by atoms with Crippen LogP contribution in [0.4, 0.5) is 25.0 Å². The number of aromatic nitrogens is 1. The summed E-state index contributed by atoms with van der Waals surface area (Å²) in [4.78, 5) is 42.3. The molecule has 2 atom stereocenters. The highest BCUT2D eigenvalue weighted by atomic mass is 32.1. The molecule has 11 nitrogen and oxygen atoms in total. The van der Waals surface area contributed by atoms with Crippen molar-refractivity contribution >= 4 is 52.0 Å². The van der Waals surface area contributed by atoms with Gasteiger partial charge in [-0.15, -0.1) is 0 Å². The van der Waals surface area contributed by atoms with E-state index in [1.165, 1.54) is 29.8 Å². The Hall–Kier alpha value is -4.14. The summed E-state index contributed by atoms with van der Waals surface area (Å²) >= 11 is 4.80. The monoisotopic (exact) mass is 641 g/mol. The van der Waals surface area contributed by atoms with Gasteiger partial charge in [0.25, 0.3) is 0 Å². The SMILES string of the molecule is COC(NC=S)[C@@H]1CN(c2ccc(CCN3CCN(c4cc5c(cc4F)c(=O)c(C(=O)O)cn5C4CC4)CC3)c(F)c2)C(=O)O1. The second-order valence-corrected chi connectivity index (χ2v) is 11.7. The van der Waals surface area contributed by atoms with Crippen LogP contribution in [0.5, 0.6) is 0 Å². The molecule has 2 saturated heterocycles. The first-order chi connectivity index (χ1) is 21.7. The molecule has 0 radical (unpaired) electrons. The minimum atomic E-state index is -1.32. The number of carboxylic acids is 1. The van der Waals surface area contributed by atoms with Crippen LogP contribution in [-0.4, -0.2) is 90.8 Å². The first-order valence-electron chi connectivity index (χ1n) is 14.8. The van der Waals surface area contributed by atoms with Crippen molar-refractivity contribution in [1.82, 2.24) is 14.8 Å².